The molecule has 0 aromatic heterocycles. The Kier molecular flexibility index (Phi) is 4.60. The highest BCUT2D eigenvalue weighted by Gasteiger charge is 2.53. The molecule has 1 saturated heterocycles. The maximum Gasteiger partial charge on any atom is 0.237 e. The van der Waals surface area contributed by atoms with E-state index < -0.39 is 6.04 Å². The molecule has 1 aromatic carbocycles. The van der Waals surface area contributed by atoms with E-state index in [4.69, 9.17) is 15.2 Å². The molecule has 1 aliphatic carbocycles. The van der Waals surface area contributed by atoms with Gasteiger partial charge in [-0.05, 0) is 31.2 Å². The van der Waals surface area contributed by atoms with Gasteiger partial charge in [-0.15, -0.1) is 0 Å². The maximum absolute atomic E-state index is 12.5. The summed E-state index contributed by atoms with van der Waals surface area (Å²) in [5, 5.41) is 3.13. The van der Waals surface area contributed by atoms with Crippen molar-refractivity contribution in [2.45, 2.75) is 43.7 Å². The molecule has 3 rings (SSSR count). The van der Waals surface area contributed by atoms with E-state index in [2.05, 4.69) is 18.3 Å². The fourth-order valence-corrected chi connectivity index (χ4v) is 3.55. The summed E-state index contributed by atoms with van der Waals surface area (Å²) in [5.41, 5.74) is 7.23. The molecule has 1 aromatic rings. The topological polar surface area (TPSA) is 73.6 Å². The summed E-state index contributed by atoms with van der Waals surface area (Å²) in [7, 11) is 1.68. The van der Waals surface area contributed by atoms with Crippen molar-refractivity contribution in [3.05, 3.63) is 29.8 Å². The second kappa shape index (κ2) is 6.49. The Morgan fingerprint density at radius 3 is 2.78 bits per heavy atom. The van der Waals surface area contributed by atoms with Crippen LogP contribution in [0.15, 0.2) is 24.3 Å². The number of ether oxygens (including phenoxy) is 2. The van der Waals surface area contributed by atoms with Crippen molar-refractivity contribution in [3.8, 4) is 5.75 Å². The van der Waals surface area contributed by atoms with Gasteiger partial charge >= 0.3 is 0 Å². The van der Waals surface area contributed by atoms with Gasteiger partial charge in [0.2, 0.25) is 5.91 Å². The summed E-state index contributed by atoms with van der Waals surface area (Å²) in [4.78, 5) is 12.5. The van der Waals surface area contributed by atoms with Crippen LogP contribution in [0.25, 0.3) is 0 Å². The predicted octanol–water partition coefficient (Wildman–Crippen LogP) is 1.60. The highest BCUT2D eigenvalue weighted by Crippen LogP contribution is 2.51. The molecular formula is C18H26N2O3. The van der Waals surface area contributed by atoms with Crippen molar-refractivity contribution in [1.82, 2.24) is 5.32 Å². The van der Waals surface area contributed by atoms with E-state index in [9.17, 15) is 4.79 Å². The number of hydrogen-bond acceptors (Lipinski definition) is 4. The van der Waals surface area contributed by atoms with E-state index in [0.717, 1.165) is 30.6 Å². The lowest BCUT2D eigenvalue weighted by Crippen LogP contribution is -2.48. The van der Waals surface area contributed by atoms with E-state index in [1.54, 1.807) is 7.11 Å². The Balaban J connectivity index is 1.62. The molecule has 2 aliphatic rings. The van der Waals surface area contributed by atoms with Crippen molar-refractivity contribution in [2.24, 2.45) is 11.7 Å². The first-order valence-electron chi connectivity index (χ1n) is 8.33. The first kappa shape index (κ1) is 16.3. The molecule has 1 aliphatic heterocycles. The van der Waals surface area contributed by atoms with Crippen molar-refractivity contribution >= 4 is 5.91 Å². The summed E-state index contributed by atoms with van der Waals surface area (Å²) in [6.07, 6.45) is 2.64. The summed E-state index contributed by atoms with van der Waals surface area (Å²) in [6, 6.07) is 7.68. The normalized spacial score (nSPS) is 28.9. The number of para-hydroxylation sites is 1. The SMILES string of the molecule is COc1ccccc1C1(C)CC1NC(=O)C(N)C1CCOCC1. The lowest BCUT2D eigenvalue weighted by molar-refractivity contribution is -0.124. The number of nitrogens with one attached hydrogen (secondary N) is 1. The average molecular weight is 318 g/mol. The van der Waals surface area contributed by atoms with Crippen molar-refractivity contribution in [1.29, 1.82) is 0 Å². The Morgan fingerprint density at radius 2 is 2.09 bits per heavy atom. The van der Waals surface area contributed by atoms with Gasteiger partial charge in [-0.3, -0.25) is 4.79 Å². The van der Waals surface area contributed by atoms with E-state index in [1.807, 2.05) is 18.2 Å². The van der Waals surface area contributed by atoms with Crippen molar-refractivity contribution < 1.29 is 14.3 Å². The minimum atomic E-state index is -0.443. The van der Waals surface area contributed by atoms with Gasteiger partial charge in [0, 0.05) is 30.2 Å². The van der Waals surface area contributed by atoms with Crippen LogP contribution in [0.4, 0.5) is 0 Å². The fourth-order valence-electron chi connectivity index (χ4n) is 3.55. The van der Waals surface area contributed by atoms with Gasteiger partial charge in [0.05, 0.1) is 13.2 Å². The second-order valence-corrected chi connectivity index (χ2v) is 6.86. The molecule has 0 spiro atoms. The maximum atomic E-state index is 12.5. The highest BCUT2D eigenvalue weighted by molar-refractivity contribution is 5.83. The average Bonchev–Trinajstić information content (AvgIpc) is 3.25. The molecule has 0 radical (unpaired) electrons. The van der Waals surface area contributed by atoms with Crippen LogP contribution < -0.4 is 15.8 Å². The van der Waals surface area contributed by atoms with Crippen LogP contribution >= 0.6 is 0 Å². The number of rotatable bonds is 5. The standard InChI is InChI=1S/C18H26N2O3/c1-18(13-5-3-4-6-14(13)22-2)11-15(18)20-17(21)16(19)12-7-9-23-10-8-12/h3-6,12,15-16H,7-11,19H2,1-2H3,(H,20,21). The molecule has 1 saturated carbocycles. The second-order valence-electron chi connectivity index (χ2n) is 6.86. The first-order valence-corrected chi connectivity index (χ1v) is 8.33. The molecule has 2 fully saturated rings. The number of methoxy groups -OCH3 is 1. The van der Waals surface area contributed by atoms with Gasteiger partial charge < -0.3 is 20.5 Å². The van der Waals surface area contributed by atoms with Gasteiger partial charge in [-0.25, -0.2) is 0 Å². The molecule has 1 heterocycles. The summed E-state index contributed by atoms with van der Waals surface area (Å²) in [6.45, 7) is 3.57. The third-order valence-corrected chi connectivity index (χ3v) is 5.35. The Hall–Kier alpha value is -1.59. The summed E-state index contributed by atoms with van der Waals surface area (Å²) < 4.78 is 10.8. The van der Waals surface area contributed by atoms with Gasteiger partial charge in [0.1, 0.15) is 5.75 Å². The van der Waals surface area contributed by atoms with Crippen LogP contribution in [0.3, 0.4) is 0 Å². The molecular weight excluding hydrogens is 292 g/mol. The lowest BCUT2D eigenvalue weighted by atomic mass is 9.91. The summed E-state index contributed by atoms with van der Waals surface area (Å²) in [5.74, 6) is 1.06. The van der Waals surface area contributed by atoms with Gasteiger partial charge in [0.25, 0.3) is 0 Å². The minimum Gasteiger partial charge on any atom is -0.496 e. The fraction of sp³-hybridized carbons (Fsp3) is 0.611. The van der Waals surface area contributed by atoms with Gasteiger partial charge in [-0.1, -0.05) is 25.1 Å². The quantitative estimate of drug-likeness (QED) is 0.865. The molecule has 0 bridgehead atoms. The largest absolute Gasteiger partial charge is 0.496 e. The zero-order valence-electron chi connectivity index (χ0n) is 13.9. The number of carbonyl (C=O) groups is 1. The zero-order chi connectivity index (χ0) is 16.4. The molecule has 3 unspecified atom stereocenters. The summed E-state index contributed by atoms with van der Waals surface area (Å²) >= 11 is 0. The molecule has 23 heavy (non-hydrogen) atoms. The van der Waals surface area contributed by atoms with Crippen molar-refractivity contribution in [2.75, 3.05) is 20.3 Å². The smallest absolute Gasteiger partial charge is 0.237 e. The number of nitrogens with two attached hydrogens (primary N) is 1. The van der Waals surface area contributed by atoms with Crippen LogP contribution in [0.1, 0.15) is 31.7 Å². The predicted molar refractivity (Wildman–Crippen MR) is 88.4 cm³/mol. The van der Waals surface area contributed by atoms with E-state index >= 15 is 0 Å². The van der Waals surface area contributed by atoms with Crippen LogP contribution in [0.2, 0.25) is 0 Å². The Labute approximate surface area is 137 Å². The monoisotopic (exact) mass is 318 g/mol. The van der Waals surface area contributed by atoms with Crippen LogP contribution in [0, 0.1) is 5.92 Å². The Morgan fingerprint density at radius 1 is 1.39 bits per heavy atom. The number of hydrogen-bond donors (Lipinski definition) is 2. The molecule has 3 N–H and O–H groups in total. The van der Waals surface area contributed by atoms with Crippen LogP contribution in [-0.2, 0) is 14.9 Å². The number of amides is 1. The third-order valence-electron chi connectivity index (χ3n) is 5.35. The molecule has 3 atom stereocenters. The minimum absolute atomic E-state index is 0.0412. The van der Waals surface area contributed by atoms with E-state index in [0.29, 0.717) is 13.2 Å². The van der Waals surface area contributed by atoms with Crippen molar-refractivity contribution in [3.63, 3.8) is 0 Å². The van der Waals surface area contributed by atoms with E-state index in [-0.39, 0.29) is 23.3 Å². The molecule has 126 valence electrons. The van der Waals surface area contributed by atoms with Crippen LogP contribution in [0.5, 0.6) is 5.75 Å². The number of carbonyl (C=O) groups excluding carboxylic acids is 1. The highest BCUT2D eigenvalue weighted by atomic mass is 16.5. The first-order chi connectivity index (χ1) is 11.1. The zero-order valence-corrected chi connectivity index (χ0v) is 13.9. The van der Waals surface area contributed by atoms with Gasteiger partial charge in [0.15, 0.2) is 0 Å². The van der Waals surface area contributed by atoms with Gasteiger partial charge in [-0.2, -0.15) is 0 Å². The Bertz CT molecular complexity index is 571. The van der Waals surface area contributed by atoms with E-state index in [1.165, 1.54) is 0 Å². The van der Waals surface area contributed by atoms with Crippen LogP contribution in [-0.4, -0.2) is 38.3 Å². The third kappa shape index (κ3) is 3.21. The molecule has 5 heteroatoms. The molecule has 5 nitrogen and oxygen atoms in total. The molecule has 1 amide bonds. The lowest BCUT2D eigenvalue weighted by Gasteiger charge is -2.27. The number of benzene rings is 1.